The molecule has 0 aliphatic rings. The summed E-state index contributed by atoms with van der Waals surface area (Å²) in [5.74, 6) is 3.10. The van der Waals surface area contributed by atoms with Gasteiger partial charge in [-0.05, 0) is 25.0 Å². The van der Waals surface area contributed by atoms with E-state index in [1.165, 1.54) is 12.8 Å². The van der Waals surface area contributed by atoms with E-state index in [-0.39, 0.29) is 0 Å². The lowest BCUT2D eigenvalue weighted by molar-refractivity contribution is 0.806. The number of unbranched alkanes of at least 4 members (excludes halogenated alkanes) is 1. The monoisotopic (exact) mass is 267 g/mol. The Morgan fingerprint density at radius 1 is 1.11 bits per heavy atom. The number of nitrogens with one attached hydrogen (secondary N) is 1. The van der Waals surface area contributed by atoms with Crippen LogP contribution in [0.1, 0.15) is 52.3 Å². The summed E-state index contributed by atoms with van der Waals surface area (Å²) < 4.78 is 0. The molecule has 1 N–H and O–H groups in total. The predicted octanol–water partition coefficient (Wildman–Crippen LogP) is 4.14. The van der Waals surface area contributed by atoms with Crippen LogP contribution in [0.5, 0.6) is 0 Å². The van der Waals surface area contributed by atoms with E-state index >= 15 is 0 Å². The first-order chi connectivity index (χ1) is 8.80. The lowest BCUT2D eigenvalue weighted by Crippen LogP contribution is -2.06. The van der Waals surface area contributed by atoms with E-state index in [9.17, 15) is 0 Å². The van der Waals surface area contributed by atoms with Gasteiger partial charge in [0.1, 0.15) is 16.7 Å². The van der Waals surface area contributed by atoms with Crippen LogP contribution in [0.3, 0.4) is 0 Å². The highest BCUT2D eigenvalue weighted by molar-refractivity contribution is 7.99. The smallest absolute Gasteiger partial charge is 0.132 e. The van der Waals surface area contributed by atoms with Crippen molar-refractivity contribution in [2.75, 3.05) is 17.6 Å². The predicted molar refractivity (Wildman–Crippen MR) is 80.4 cm³/mol. The second-order valence-electron chi connectivity index (χ2n) is 4.39. The van der Waals surface area contributed by atoms with Gasteiger partial charge in [0.2, 0.25) is 0 Å². The molecule has 1 heterocycles. The molecule has 0 amide bonds. The molecule has 0 radical (unpaired) electrons. The summed E-state index contributed by atoms with van der Waals surface area (Å²) in [5, 5.41) is 4.47. The lowest BCUT2D eigenvalue weighted by atomic mass is 10.3. The Morgan fingerprint density at radius 2 is 1.94 bits per heavy atom. The molecule has 18 heavy (non-hydrogen) atoms. The SMILES string of the molecule is CCCCSc1cc(NCCC)nc(CCC)n1. The average molecular weight is 267 g/mol. The molecule has 102 valence electrons. The van der Waals surface area contributed by atoms with E-state index in [0.29, 0.717) is 0 Å². The second kappa shape index (κ2) is 9.20. The minimum Gasteiger partial charge on any atom is -0.370 e. The number of hydrogen-bond donors (Lipinski definition) is 1. The molecule has 4 heteroatoms. The summed E-state index contributed by atoms with van der Waals surface area (Å²) in [6.07, 6.45) is 5.65. The van der Waals surface area contributed by atoms with Crippen LogP contribution < -0.4 is 5.32 Å². The molecule has 3 nitrogen and oxygen atoms in total. The third-order valence-corrected chi connectivity index (χ3v) is 3.52. The van der Waals surface area contributed by atoms with Gasteiger partial charge in [-0.15, -0.1) is 11.8 Å². The highest BCUT2D eigenvalue weighted by Crippen LogP contribution is 2.20. The van der Waals surface area contributed by atoms with E-state index in [1.807, 2.05) is 11.8 Å². The zero-order valence-electron chi connectivity index (χ0n) is 11.8. The molecule has 0 atom stereocenters. The Morgan fingerprint density at radius 3 is 2.61 bits per heavy atom. The Labute approximate surface area is 115 Å². The molecule has 0 fully saturated rings. The molecular formula is C14H25N3S. The van der Waals surface area contributed by atoms with Gasteiger partial charge in [-0.3, -0.25) is 0 Å². The second-order valence-corrected chi connectivity index (χ2v) is 5.50. The third-order valence-electron chi connectivity index (χ3n) is 2.53. The van der Waals surface area contributed by atoms with Gasteiger partial charge < -0.3 is 5.32 Å². The standard InChI is InChI=1S/C14H25N3S/c1-4-7-10-18-14-11-13(15-9-6-3)16-12(17-14)8-5-2/h11H,4-10H2,1-3H3,(H,15,16,17). The molecule has 0 bridgehead atoms. The molecule has 0 aliphatic carbocycles. The summed E-state index contributed by atoms with van der Waals surface area (Å²) in [7, 11) is 0. The Hall–Kier alpha value is -0.770. The van der Waals surface area contributed by atoms with E-state index < -0.39 is 0 Å². The van der Waals surface area contributed by atoms with E-state index in [2.05, 4.69) is 42.1 Å². The fourth-order valence-electron chi connectivity index (χ4n) is 1.55. The number of hydrogen-bond acceptors (Lipinski definition) is 4. The van der Waals surface area contributed by atoms with Crippen molar-refractivity contribution in [3.05, 3.63) is 11.9 Å². The summed E-state index contributed by atoms with van der Waals surface area (Å²) >= 11 is 1.84. The van der Waals surface area contributed by atoms with Crippen LogP contribution in [-0.4, -0.2) is 22.3 Å². The number of aromatic nitrogens is 2. The van der Waals surface area contributed by atoms with Crippen molar-refractivity contribution in [2.24, 2.45) is 0 Å². The van der Waals surface area contributed by atoms with Crippen LogP contribution in [0.2, 0.25) is 0 Å². The number of nitrogens with zero attached hydrogens (tertiary/aromatic N) is 2. The first-order valence-corrected chi connectivity index (χ1v) is 8.03. The molecule has 0 aromatic carbocycles. The number of rotatable bonds is 9. The fourth-order valence-corrected chi connectivity index (χ4v) is 2.55. The van der Waals surface area contributed by atoms with Gasteiger partial charge in [0, 0.05) is 19.0 Å². The van der Waals surface area contributed by atoms with Crippen LogP contribution in [-0.2, 0) is 6.42 Å². The lowest BCUT2D eigenvalue weighted by Gasteiger charge is -2.08. The van der Waals surface area contributed by atoms with E-state index in [4.69, 9.17) is 0 Å². The van der Waals surface area contributed by atoms with Gasteiger partial charge in [0.05, 0.1) is 0 Å². The van der Waals surface area contributed by atoms with Gasteiger partial charge in [0.25, 0.3) is 0 Å². The van der Waals surface area contributed by atoms with Crippen molar-refractivity contribution >= 4 is 17.6 Å². The largest absolute Gasteiger partial charge is 0.370 e. The van der Waals surface area contributed by atoms with Crippen molar-refractivity contribution in [1.82, 2.24) is 9.97 Å². The normalized spacial score (nSPS) is 10.6. The first kappa shape index (κ1) is 15.3. The Bertz CT molecular complexity index is 342. The zero-order valence-corrected chi connectivity index (χ0v) is 12.6. The summed E-state index contributed by atoms with van der Waals surface area (Å²) in [6.45, 7) is 7.52. The number of anilines is 1. The number of aryl methyl sites for hydroxylation is 1. The van der Waals surface area contributed by atoms with Gasteiger partial charge in [0.15, 0.2) is 0 Å². The molecule has 1 aromatic heterocycles. The fraction of sp³-hybridized carbons (Fsp3) is 0.714. The van der Waals surface area contributed by atoms with Crippen LogP contribution in [0.15, 0.2) is 11.1 Å². The molecule has 0 spiro atoms. The van der Waals surface area contributed by atoms with Crippen LogP contribution in [0.4, 0.5) is 5.82 Å². The molecular weight excluding hydrogens is 242 g/mol. The van der Waals surface area contributed by atoms with Crippen LogP contribution >= 0.6 is 11.8 Å². The van der Waals surface area contributed by atoms with Gasteiger partial charge in [-0.1, -0.05) is 27.2 Å². The summed E-state index contributed by atoms with van der Waals surface area (Å²) in [4.78, 5) is 9.17. The van der Waals surface area contributed by atoms with Crippen molar-refractivity contribution in [3.8, 4) is 0 Å². The number of thioether (sulfide) groups is 1. The molecule has 0 saturated heterocycles. The van der Waals surface area contributed by atoms with Crippen molar-refractivity contribution in [3.63, 3.8) is 0 Å². The average Bonchev–Trinajstić information content (AvgIpc) is 2.37. The highest BCUT2D eigenvalue weighted by Gasteiger charge is 2.04. The maximum atomic E-state index is 4.61. The van der Waals surface area contributed by atoms with Crippen LogP contribution in [0.25, 0.3) is 0 Å². The van der Waals surface area contributed by atoms with Gasteiger partial charge >= 0.3 is 0 Å². The molecule has 0 saturated carbocycles. The minimum absolute atomic E-state index is 0.961. The minimum atomic E-state index is 0.961. The Balaban J connectivity index is 2.70. The van der Waals surface area contributed by atoms with Gasteiger partial charge in [-0.25, -0.2) is 9.97 Å². The van der Waals surface area contributed by atoms with Crippen molar-refractivity contribution < 1.29 is 0 Å². The Kier molecular flexibility index (Phi) is 7.81. The highest BCUT2D eigenvalue weighted by atomic mass is 32.2. The third kappa shape index (κ3) is 5.71. The topological polar surface area (TPSA) is 37.8 Å². The quantitative estimate of drug-likeness (QED) is 0.414. The van der Waals surface area contributed by atoms with Gasteiger partial charge in [-0.2, -0.15) is 0 Å². The molecule has 0 unspecified atom stereocenters. The maximum absolute atomic E-state index is 4.61. The summed E-state index contributed by atoms with van der Waals surface area (Å²) in [6, 6.07) is 2.08. The molecule has 1 aromatic rings. The van der Waals surface area contributed by atoms with E-state index in [1.54, 1.807) is 0 Å². The molecule has 1 rings (SSSR count). The molecule has 0 aliphatic heterocycles. The van der Waals surface area contributed by atoms with Crippen LogP contribution in [0, 0.1) is 0 Å². The zero-order chi connectivity index (χ0) is 13.2. The summed E-state index contributed by atoms with van der Waals surface area (Å²) in [5.41, 5.74) is 0. The maximum Gasteiger partial charge on any atom is 0.132 e. The van der Waals surface area contributed by atoms with E-state index in [0.717, 1.165) is 48.2 Å². The van der Waals surface area contributed by atoms with Crippen molar-refractivity contribution in [2.45, 2.75) is 57.9 Å². The first-order valence-electron chi connectivity index (χ1n) is 7.04. The van der Waals surface area contributed by atoms with Crippen molar-refractivity contribution in [1.29, 1.82) is 0 Å².